The summed E-state index contributed by atoms with van der Waals surface area (Å²) in [6.07, 6.45) is 3.38. The predicted octanol–water partition coefficient (Wildman–Crippen LogP) is 2.45. The molecule has 3 rings (SSSR count). The zero-order chi connectivity index (χ0) is 18.2. The minimum atomic E-state index is -0.139. The predicted molar refractivity (Wildman–Crippen MR) is 103 cm³/mol. The van der Waals surface area contributed by atoms with E-state index in [0.29, 0.717) is 18.2 Å². The van der Waals surface area contributed by atoms with E-state index in [4.69, 9.17) is 5.73 Å². The average Bonchev–Trinajstić information content (AvgIpc) is 3.14. The first kappa shape index (κ1) is 17.2. The van der Waals surface area contributed by atoms with Crippen LogP contribution < -0.4 is 16.4 Å². The SMILES string of the molecule is NC(=NCc1cccc(NC(=O)Cn2cccn2)c1)Nc1ccccc1. The largest absolute Gasteiger partial charge is 0.370 e. The summed E-state index contributed by atoms with van der Waals surface area (Å²) in [6.45, 7) is 0.581. The van der Waals surface area contributed by atoms with Crippen LogP contribution in [0.2, 0.25) is 0 Å². The van der Waals surface area contributed by atoms with Gasteiger partial charge < -0.3 is 16.4 Å². The number of aliphatic imine (C=N–C) groups is 1. The molecule has 0 aliphatic heterocycles. The number of benzene rings is 2. The molecule has 0 aliphatic carbocycles. The summed E-state index contributed by atoms with van der Waals surface area (Å²) in [7, 11) is 0. The van der Waals surface area contributed by atoms with Crippen molar-refractivity contribution in [3.63, 3.8) is 0 Å². The highest BCUT2D eigenvalue weighted by atomic mass is 16.2. The molecule has 0 bridgehead atoms. The molecule has 0 saturated heterocycles. The van der Waals surface area contributed by atoms with E-state index >= 15 is 0 Å². The summed E-state index contributed by atoms with van der Waals surface area (Å²) >= 11 is 0. The van der Waals surface area contributed by atoms with Crippen LogP contribution in [0.5, 0.6) is 0 Å². The standard InChI is InChI=1S/C19H20N6O/c20-19(24-16-7-2-1-3-8-16)21-13-15-6-4-9-17(12-15)23-18(26)14-25-11-5-10-22-25/h1-12H,13-14H2,(H,23,26)(H3,20,21,24). The summed E-state index contributed by atoms with van der Waals surface area (Å²) in [5.41, 5.74) is 8.45. The van der Waals surface area contributed by atoms with Gasteiger partial charge >= 0.3 is 0 Å². The fourth-order valence-corrected chi connectivity index (χ4v) is 2.37. The van der Waals surface area contributed by atoms with Crippen molar-refractivity contribution < 1.29 is 4.79 Å². The molecule has 4 N–H and O–H groups in total. The second-order valence-electron chi connectivity index (χ2n) is 5.64. The van der Waals surface area contributed by atoms with E-state index in [9.17, 15) is 4.79 Å². The Labute approximate surface area is 151 Å². The fourth-order valence-electron chi connectivity index (χ4n) is 2.37. The topological polar surface area (TPSA) is 97.3 Å². The van der Waals surface area contributed by atoms with Gasteiger partial charge in [0.2, 0.25) is 5.91 Å². The molecule has 7 nitrogen and oxygen atoms in total. The number of nitrogens with zero attached hydrogens (tertiary/aromatic N) is 3. The van der Waals surface area contributed by atoms with E-state index in [-0.39, 0.29) is 12.5 Å². The van der Waals surface area contributed by atoms with E-state index in [1.165, 1.54) is 0 Å². The molecule has 0 aliphatic rings. The number of hydrogen-bond donors (Lipinski definition) is 3. The molecule has 3 aromatic rings. The molecule has 2 aromatic carbocycles. The van der Waals surface area contributed by atoms with Crippen LogP contribution in [0.1, 0.15) is 5.56 Å². The molecule has 0 atom stereocenters. The first-order chi connectivity index (χ1) is 12.7. The Morgan fingerprint density at radius 1 is 1.04 bits per heavy atom. The van der Waals surface area contributed by atoms with Crippen molar-refractivity contribution in [1.29, 1.82) is 0 Å². The summed E-state index contributed by atoms with van der Waals surface area (Å²) in [4.78, 5) is 16.4. The number of para-hydroxylation sites is 1. The van der Waals surface area contributed by atoms with Gasteiger partial charge in [0.1, 0.15) is 6.54 Å². The van der Waals surface area contributed by atoms with Crippen LogP contribution in [-0.4, -0.2) is 21.6 Å². The van der Waals surface area contributed by atoms with Crippen molar-refractivity contribution in [2.24, 2.45) is 10.7 Å². The number of amides is 1. The molecule has 1 aromatic heterocycles. The minimum Gasteiger partial charge on any atom is -0.370 e. The zero-order valence-corrected chi connectivity index (χ0v) is 14.2. The number of nitrogens with two attached hydrogens (primary N) is 1. The second-order valence-corrected chi connectivity index (χ2v) is 5.64. The van der Waals surface area contributed by atoms with Crippen LogP contribution in [-0.2, 0) is 17.9 Å². The molecule has 0 fully saturated rings. The lowest BCUT2D eigenvalue weighted by atomic mass is 10.2. The maximum Gasteiger partial charge on any atom is 0.246 e. The lowest BCUT2D eigenvalue weighted by molar-refractivity contribution is -0.116. The highest BCUT2D eigenvalue weighted by Gasteiger charge is 2.04. The highest BCUT2D eigenvalue weighted by molar-refractivity contribution is 5.92. The van der Waals surface area contributed by atoms with Crippen molar-refractivity contribution in [1.82, 2.24) is 9.78 Å². The molecule has 0 radical (unpaired) electrons. The smallest absolute Gasteiger partial charge is 0.246 e. The Morgan fingerprint density at radius 3 is 2.62 bits per heavy atom. The Hall–Kier alpha value is -3.61. The molecule has 26 heavy (non-hydrogen) atoms. The lowest BCUT2D eigenvalue weighted by Gasteiger charge is -2.08. The quantitative estimate of drug-likeness (QED) is 0.471. The third-order valence-corrected chi connectivity index (χ3v) is 3.55. The Balaban J connectivity index is 1.56. The first-order valence-corrected chi connectivity index (χ1v) is 8.17. The fraction of sp³-hybridized carbons (Fsp3) is 0.105. The third kappa shape index (κ3) is 5.20. The number of hydrogen-bond acceptors (Lipinski definition) is 3. The normalized spacial score (nSPS) is 11.2. The van der Waals surface area contributed by atoms with E-state index in [1.54, 1.807) is 23.1 Å². The first-order valence-electron chi connectivity index (χ1n) is 8.17. The molecule has 0 saturated carbocycles. The molecular weight excluding hydrogens is 328 g/mol. The second kappa shape index (κ2) is 8.48. The molecule has 0 unspecified atom stereocenters. The molecule has 1 heterocycles. The van der Waals surface area contributed by atoms with Gasteiger partial charge in [-0.25, -0.2) is 4.99 Å². The van der Waals surface area contributed by atoms with Gasteiger partial charge in [0, 0.05) is 23.8 Å². The average molecular weight is 348 g/mol. The van der Waals surface area contributed by atoms with E-state index < -0.39 is 0 Å². The van der Waals surface area contributed by atoms with Gasteiger partial charge in [0.05, 0.1) is 6.54 Å². The number of rotatable bonds is 6. The maximum atomic E-state index is 12.0. The monoisotopic (exact) mass is 348 g/mol. The van der Waals surface area contributed by atoms with Crippen LogP contribution in [0.3, 0.4) is 0 Å². The highest BCUT2D eigenvalue weighted by Crippen LogP contribution is 2.12. The van der Waals surface area contributed by atoms with Gasteiger partial charge in [-0.2, -0.15) is 5.10 Å². The van der Waals surface area contributed by atoms with Crippen LogP contribution >= 0.6 is 0 Å². The van der Waals surface area contributed by atoms with Gasteiger partial charge in [0.25, 0.3) is 0 Å². The van der Waals surface area contributed by atoms with Crippen molar-refractivity contribution in [2.75, 3.05) is 10.6 Å². The molecule has 7 heteroatoms. The van der Waals surface area contributed by atoms with E-state index in [1.807, 2.05) is 54.6 Å². The van der Waals surface area contributed by atoms with Crippen LogP contribution in [0.25, 0.3) is 0 Å². The molecule has 0 spiro atoms. The number of aromatic nitrogens is 2. The Kier molecular flexibility index (Phi) is 5.61. The third-order valence-electron chi connectivity index (χ3n) is 3.55. The van der Waals surface area contributed by atoms with Crippen LogP contribution in [0, 0.1) is 0 Å². The molecule has 1 amide bonds. The van der Waals surface area contributed by atoms with Crippen molar-refractivity contribution in [3.05, 3.63) is 78.6 Å². The van der Waals surface area contributed by atoms with Gasteiger partial charge in [-0.1, -0.05) is 30.3 Å². The van der Waals surface area contributed by atoms with Crippen LogP contribution in [0.15, 0.2) is 78.0 Å². The van der Waals surface area contributed by atoms with Crippen LogP contribution in [0.4, 0.5) is 11.4 Å². The summed E-state index contributed by atoms with van der Waals surface area (Å²) < 4.78 is 1.57. The number of anilines is 2. The van der Waals surface area contributed by atoms with Gasteiger partial charge in [-0.15, -0.1) is 0 Å². The minimum absolute atomic E-state index is 0.139. The number of nitrogens with one attached hydrogen (secondary N) is 2. The van der Waals surface area contributed by atoms with Gasteiger partial charge in [0.15, 0.2) is 5.96 Å². The van der Waals surface area contributed by atoms with Gasteiger partial charge in [-0.05, 0) is 35.9 Å². The van der Waals surface area contributed by atoms with Crippen molar-refractivity contribution in [2.45, 2.75) is 13.1 Å². The molecule has 132 valence electrons. The zero-order valence-electron chi connectivity index (χ0n) is 14.2. The molecular formula is C19H20N6O. The number of carbonyl (C=O) groups excluding carboxylic acids is 1. The van der Waals surface area contributed by atoms with Crippen molar-refractivity contribution >= 4 is 23.2 Å². The summed E-state index contributed by atoms with van der Waals surface area (Å²) in [6, 6.07) is 18.9. The Morgan fingerprint density at radius 2 is 1.85 bits per heavy atom. The summed E-state index contributed by atoms with van der Waals surface area (Å²) in [5, 5.41) is 9.90. The van der Waals surface area contributed by atoms with Gasteiger partial charge in [-0.3, -0.25) is 9.48 Å². The summed E-state index contributed by atoms with van der Waals surface area (Å²) in [5.74, 6) is 0.198. The Bertz CT molecular complexity index is 874. The lowest BCUT2D eigenvalue weighted by Crippen LogP contribution is -2.22. The van der Waals surface area contributed by atoms with Crippen molar-refractivity contribution in [3.8, 4) is 0 Å². The maximum absolute atomic E-state index is 12.0. The van der Waals surface area contributed by atoms with E-state index in [0.717, 1.165) is 11.3 Å². The number of carbonyl (C=O) groups is 1. The van der Waals surface area contributed by atoms with E-state index in [2.05, 4.69) is 20.7 Å². The number of guanidine groups is 1.